The highest BCUT2D eigenvalue weighted by Gasteiger charge is 2.15. The molecule has 0 aromatic heterocycles. The van der Waals surface area contributed by atoms with Gasteiger partial charge in [0.05, 0.1) is 23.4 Å². The largest absolute Gasteiger partial charge is 0.495 e. The molecule has 0 saturated heterocycles. The summed E-state index contributed by atoms with van der Waals surface area (Å²) in [7, 11) is -2.10. The molecule has 150 valence electrons. The summed E-state index contributed by atoms with van der Waals surface area (Å²) in [5.41, 5.74) is 2.79. The molecule has 6 nitrogen and oxygen atoms in total. The Hall–Kier alpha value is -3.10. The Morgan fingerprint density at radius 2 is 1.48 bits per heavy atom. The first-order chi connectivity index (χ1) is 13.9. The average Bonchev–Trinajstić information content (AvgIpc) is 2.70. The van der Waals surface area contributed by atoms with E-state index in [-0.39, 0.29) is 4.90 Å². The van der Waals surface area contributed by atoms with E-state index in [1.54, 1.807) is 31.4 Å². The first-order valence-corrected chi connectivity index (χ1v) is 10.7. The molecule has 29 heavy (non-hydrogen) atoms. The first-order valence-electron chi connectivity index (χ1n) is 8.78. The van der Waals surface area contributed by atoms with Crippen LogP contribution in [0.1, 0.15) is 5.56 Å². The van der Waals surface area contributed by atoms with Crippen LogP contribution >= 0.6 is 12.2 Å². The fourth-order valence-corrected chi connectivity index (χ4v) is 4.00. The maximum Gasteiger partial charge on any atom is 0.261 e. The second-order valence-electron chi connectivity index (χ2n) is 6.22. The molecule has 3 rings (SSSR count). The molecule has 0 aliphatic heterocycles. The highest BCUT2D eigenvalue weighted by atomic mass is 32.2. The van der Waals surface area contributed by atoms with Crippen molar-refractivity contribution in [2.75, 3.05) is 22.5 Å². The topological polar surface area (TPSA) is 79.5 Å². The zero-order valence-corrected chi connectivity index (χ0v) is 17.6. The van der Waals surface area contributed by atoms with Gasteiger partial charge in [-0.2, -0.15) is 0 Å². The lowest BCUT2D eigenvalue weighted by Crippen LogP contribution is -2.19. The average molecular weight is 428 g/mol. The number of ether oxygens (including phenoxy) is 1. The molecule has 0 aliphatic carbocycles. The Labute approximate surface area is 176 Å². The van der Waals surface area contributed by atoms with Gasteiger partial charge >= 0.3 is 0 Å². The molecule has 0 saturated carbocycles. The van der Waals surface area contributed by atoms with Crippen LogP contribution in [0.15, 0.2) is 77.7 Å². The van der Waals surface area contributed by atoms with Crippen LogP contribution in [0.4, 0.5) is 17.1 Å². The second kappa shape index (κ2) is 8.93. The standard InChI is InChI=1S/C21H21N3O3S2/c1-15-7-3-4-8-18(15)24-29(25,26)17-13-11-16(12-14-17)22-21(28)23-19-9-5-6-10-20(19)27-2/h3-14,24H,1-2H3,(H2,22,23,28). The van der Waals surface area contributed by atoms with E-state index < -0.39 is 10.0 Å². The van der Waals surface area contributed by atoms with Gasteiger partial charge in [0.2, 0.25) is 0 Å². The monoisotopic (exact) mass is 427 g/mol. The number of anilines is 3. The molecule has 0 atom stereocenters. The summed E-state index contributed by atoms with van der Waals surface area (Å²) in [5.74, 6) is 0.667. The van der Waals surface area contributed by atoms with Crippen molar-refractivity contribution < 1.29 is 13.2 Å². The molecule has 8 heteroatoms. The number of sulfonamides is 1. The van der Waals surface area contributed by atoms with Crippen LogP contribution in [-0.2, 0) is 10.0 Å². The van der Waals surface area contributed by atoms with Gasteiger partial charge in [-0.25, -0.2) is 8.42 Å². The molecule has 0 radical (unpaired) electrons. The third kappa shape index (κ3) is 5.24. The molecule has 0 spiro atoms. The molecule has 3 N–H and O–H groups in total. The van der Waals surface area contributed by atoms with Gasteiger partial charge in [-0.15, -0.1) is 0 Å². The fourth-order valence-electron chi connectivity index (χ4n) is 2.64. The summed E-state index contributed by atoms with van der Waals surface area (Å²) in [6.07, 6.45) is 0. The van der Waals surface area contributed by atoms with Gasteiger partial charge in [0.25, 0.3) is 10.0 Å². The van der Waals surface area contributed by atoms with E-state index in [0.717, 1.165) is 11.3 Å². The third-order valence-electron chi connectivity index (χ3n) is 4.17. The number of methoxy groups -OCH3 is 1. The summed E-state index contributed by atoms with van der Waals surface area (Å²) in [6, 6.07) is 21.0. The van der Waals surface area contributed by atoms with Crippen LogP contribution in [0.3, 0.4) is 0 Å². The lowest BCUT2D eigenvalue weighted by atomic mass is 10.2. The van der Waals surface area contributed by atoms with E-state index in [0.29, 0.717) is 22.2 Å². The summed E-state index contributed by atoms with van der Waals surface area (Å²) < 4.78 is 33.1. The molecule has 0 amide bonds. The van der Waals surface area contributed by atoms with Crippen LogP contribution in [-0.4, -0.2) is 20.6 Å². The van der Waals surface area contributed by atoms with E-state index in [9.17, 15) is 8.42 Å². The summed E-state index contributed by atoms with van der Waals surface area (Å²) >= 11 is 5.32. The van der Waals surface area contributed by atoms with Gasteiger partial charge in [0.1, 0.15) is 5.75 Å². The second-order valence-corrected chi connectivity index (χ2v) is 8.31. The Kier molecular flexibility index (Phi) is 6.36. The van der Waals surface area contributed by atoms with Crippen molar-refractivity contribution in [3.05, 3.63) is 78.4 Å². The number of benzene rings is 3. The number of thiocarbonyl (C=S) groups is 1. The Balaban J connectivity index is 1.68. The maximum atomic E-state index is 12.6. The van der Waals surface area contributed by atoms with E-state index in [1.807, 2.05) is 43.3 Å². The zero-order valence-electron chi connectivity index (χ0n) is 16.0. The number of rotatable bonds is 6. The minimum absolute atomic E-state index is 0.162. The van der Waals surface area contributed by atoms with Crippen LogP contribution in [0.2, 0.25) is 0 Å². The maximum absolute atomic E-state index is 12.6. The van der Waals surface area contributed by atoms with Gasteiger partial charge in [-0.1, -0.05) is 30.3 Å². The lowest BCUT2D eigenvalue weighted by Gasteiger charge is -2.14. The minimum Gasteiger partial charge on any atom is -0.495 e. The number of aryl methyl sites for hydroxylation is 1. The van der Waals surface area contributed by atoms with E-state index >= 15 is 0 Å². The number of hydrogen-bond acceptors (Lipinski definition) is 4. The van der Waals surface area contributed by atoms with Crippen molar-refractivity contribution in [3.8, 4) is 5.75 Å². The molecule has 0 heterocycles. The number of para-hydroxylation sites is 3. The minimum atomic E-state index is -3.68. The summed E-state index contributed by atoms with van der Waals surface area (Å²) in [6.45, 7) is 1.85. The summed E-state index contributed by atoms with van der Waals surface area (Å²) in [5, 5.41) is 6.45. The van der Waals surface area contributed by atoms with Gasteiger partial charge in [0.15, 0.2) is 5.11 Å². The van der Waals surface area contributed by atoms with Crippen molar-refractivity contribution in [1.29, 1.82) is 0 Å². The molecule has 0 unspecified atom stereocenters. The molecular formula is C21H21N3O3S2. The van der Waals surface area contributed by atoms with E-state index in [4.69, 9.17) is 17.0 Å². The van der Waals surface area contributed by atoms with Crippen LogP contribution < -0.4 is 20.1 Å². The van der Waals surface area contributed by atoms with Crippen LogP contribution in [0.5, 0.6) is 5.75 Å². The van der Waals surface area contributed by atoms with Gasteiger partial charge in [0, 0.05) is 5.69 Å². The molecule has 0 aliphatic rings. The zero-order chi connectivity index (χ0) is 20.9. The molecular weight excluding hydrogens is 406 g/mol. The Morgan fingerprint density at radius 1 is 0.862 bits per heavy atom. The molecule has 0 fully saturated rings. The van der Waals surface area contributed by atoms with Gasteiger partial charge in [-0.05, 0) is 67.2 Å². The number of hydrogen-bond donors (Lipinski definition) is 3. The van der Waals surface area contributed by atoms with Crippen molar-refractivity contribution in [1.82, 2.24) is 0 Å². The van der Waals surface area contributed by atoms with Crippen LogP contribution in [0, 0.1) is 6.92 Å². The van der Waals surface area contributed by atoms with E-state index in [1.165, 1.54) is 12.1 Å². The predicted molar refractivity (Wildman–Crippen MR) is 121 cm³/mol. The SMILES string of the molecule is COc1ccccc1NC(=S)Nc1ccc(S(=O)(=O)Nc2ccccc2C)cc1. The van der Waals surface area contributed by atoms with Crippen LogP contribution in [0.25, 0.3) is 0 Å². The predicted octanol–water partition coefficient (Wildman–Crippen LogP) is 4.61. The number of nitrogens with one attached hydrogen (secondary N) is 3. The highest BCUT2D eigenvalue weighted by Crippen LogP contribution is 2.24. The van der Waals surface area contributed by atoms with Crippen molar-refractivity contribution in [2.24, 2.45) is 0 Å². The van der Waals surface area contributed by atoms with E-state index in [2.05, 4.69) is 15.4 Å². The molecule has 3 aromatic rings. The summed E-state index contributed by atoms with van der Waals surface area (Å²) in [4.78, 5) is 0.162. The van der Waals surface area contributed by atoms with Crippen molar-refractivity contribution in [3.63, 3.8) is 0 Å². The Bertz CT molecular complexity index is 1110. The van der Waals surface area contributed by atoms with Crippen molar-refractivity contribution >= 4 is 44.4 Å². The highest BCUT2D eigenvalue weighted by molar-refractivity contribution is 7.92. The normalized spacial score (nSPS) is 10.8. The van der Waals surface area contributed by atoms with Gasteiger partial charge < -0.3 is 15.4 Å². The smallest absolute Gasteiger partial charge is 0.261 e. The molecule has 0 bridgehead atoms. The quantitative estimate of drug-likeness (QED) is 0.499. The molecule has 3 aromatic carbocycles. The fraction of sp³-hybridized carbons (Fsp3) is 0.0952. The van der Waals surface area contributed by atoms with Crippen molar-refractivity contribution in [2.45, 2.75) is 11.8 Å². The third-order valence-corrected chi connectivity index (χ3v) is 5.75. The lowest BCUT2D eigenvalue weighted by molar-refractivity contribution is 0.417. The first kappa shape index (κ1) is 20.6. The Morgan fingerprint density at radius 3 is 2.14 bits per heavy atom. The van der Waals surface area contributed by atoms with Gasteiger partial charge in [-0.3, -0.25) is 4.72 Å².